The van der Waals surface area contributed by atoms with Gasteiger partial charge in [-0.3, -0.25) is 14.7 Å². The van der Waals surface area contributed by atoms with E-state index in [4.69, 9.17) is 0 Å². The molecular weight excluding hydrogens is 406 g/mol. The highest BCUT2D eigenvalue weighted by Gasteiger charge is 2.31. The Bertz CT molecular complexity index is 731. The molecule has 1 aromatic carbocycles. The van der Waals surface area contributed by atoms with Gasteiger partial charge in [-0.2, -0.15) is 0 Å². The Balaban J connectivity index is 1.12. The van der Waals surface area contributed by atoms with Gasteiger partial charge in [0.2, 0.25) is 5.91 Å². The van der Waals surface area contributed by atoms with Gasteiger partial charge in [0.05, 0.1) is 0 Å². The van der Waals surface area contributed by atoms with Gasteiger partial charge in [-0.05, 0) is 37.3 Å². The van der Waals surface area contributed by atoms with Gasteiger partial charge in [0.15, 0.2) is 5.96 Å². The van der Waals surface area contributed by atoms with E-state index >= 15 is 0 Å². The molecule has 4 rings (SSSR count). The van der Waals surface area contributed by atoms with Crippen molar-refractivity contribution in [2.24, 2.45) is 16.8 Å². The Morgan fingerprint density at radius 2 is 1.84 bits per heavy atom. The largest absolute Gasteiger partial charge is 0.355 e. The number of benzene rings is 1. The van der Waals surface area contributed by atoms with Gasteiger partial charge in [0.1, 0.15) is 0 Å². The van der Waals surface area contributed by atoms with E-state index < -0.39 is 0 Å². The lowest BCUT2D eigenvalue weighted by Gasteiger charge is -2.38. The first-order valence-electron chi connectivity index (χ1n) is 11.9. The number of nitrogens with zero attached hydrogens (tertiary/aromatic N) is 4. The van der Waals surface area contributed by atoms with Crippen molar-refractivity contribution in [2.75, 3.05) is 65.2 Å². The van der Waals surface area contributed by atoms with Crippen molar-refractivity contribution >= 4 is 23.6 Å². The zero-order chi connectivity index (χ0) is 21.5. The smallest absolute Gasteiger partial charge is 0.225 e. The molecule has 1 aliphatic carbocycles. The fraction of sp³-hybridized carbons (Fsp3) is 0.667. The van der Waals surface area contributed by atoms with Crippen molar-refractivity contribution in [3.8, 4) is 0 Å². The third-order valence-electron chi connectivity index (χ3n) is 6.88. The quantitative estimate of drug-likeness (QED) is 0.399. The number of carbonyl (C=O) groups excluding carboxylic acids is 1. The molecule has 0 radical (unpaired) electrons. The molecule has 0 aromatic heterocycles. The Hall–Kier alpha value is -1.73. The van der Waals surface area contributed by atoms with Crippen LogP contribution in [0, 0.1) is 11.8 Å². The average Bonchev–Trinajstić information content (AvgIpc) is 3.24. The maximum atomic E-state index is 12.4. The number of rotatable bonds is 7. The zero-order valence-electron chi connectivity index (χ0n) is 18.8. The number of nitrogens with one attached hydrogen (secondary N) is 1. The molecular formula is C24H37N5OS. The Morgan fingerprint density at radius 1 is 1.06 bits per heavy atom. The maximum Gasteiger partial charge on any atom is 0.225 e. The standard InChI is InChI=1S/C24H37N5OS/c1-25-24(29-12-10-20(18-29)19-31-22-8-3-2-4-9-22)26-11-13-27-14-16-28(17-15-27)23(30)21-6-5-7-21/h2-4,8-9,20-21H,5-7,10-19H2,1H3,(H,25,26). The number of carbonyl (C=O) groups is 1. The Kier molecular flexibility index (Phi) is 8.14. The number of hydrogen-bond acceptors (Lipinski definition) is 4. The van der Waals surface area contributed by atoms with Crippen molar-refractivity contribution in [3.63, 3.8) is 0 Å². The highest BCUT2D eigenvalue weighted by Crippen LogP contribution is 2.28. The predicted molar refractivity (Wildman–Crippen MR) is 129 cm³/mol. The second-order valence-corrected chi connectivity index (χ2v) is 10.1. The molecule has 1 saturated carbocycles. The summed E-state index contributed by atoms with van der Waals surface area (Å²) in [6, 6.07) is 10.7. The topological polar surface area (TPSA) is 51.2 Å². The second kappa shape index (κ2) is 11.2. The average molecular weight is 444 g/mol. The van der Waals surface area contributed by atoms with Gasteiger partial charge in [0, 0.05) is 76.0 Å². The van der Waals surface area contributed by atoms with Crippen LogP contribution in [0.5, 0.6) is 0 Å². The summed E-state index contributed by atoms with van der Waals surface area (Å²) < 4.78 is 0. The molecule has 0 spiro atoms. The molecule has 3 aliphatic rings. The highest BCUT2D eigenvalue weighted by atomic mass is 32.2. The first-order chi connectivity index (χ1) is 15.2. The predicted octanol–water partition coefficient (Wildman–Crippen LogP) is 2.62. The van der Waals surface area contributed by atoms with Crippen LogP contribution in [0.3, 0.4) is 0 Å². The van der Waals surface area contributed by atoms with E-state index in [1.807, 2.05) is 18.8 Å². The molecule has 1 unspecified atom stereocenters. The number of piperazine rings is 1. The van der Waals surface area contributed by atoms with Crippen LogP contribution in [-0.2, 0) is 4.79 Å². The summed E-state index contributed by atoms with van der Waals surface area (Å²) in [6.07, 6.45) is 4.67. The fourth-order valence-corrected chi connectivity index (χ4v) is 5.71. The van der Waals surface area contributed by atoms with Gasteiger partial charge in [-0.25, -0.2) is 0 Å². The Labute approximate surface area is 191 Å². The summed E-state index contributed by atoms with van der Waals surface area (Å²) in [5, 5.41) is 3.57. The minimum atomic E-state index is 0.326. The molecule has 170 valence electrons. The molecule has 0 bridgehead atoms. The fourth-order valence-electron chi connectivity index (χ4n) is 4.66. The summed E-state index contributed by atoms with van der Waals surface area (Å²) in [7, 11) is 1.89. The van der Waals surface area contributed by atoms with Crippen molar-refractivity contribution in [1.29, 1.82) is 0 Å². The third-order valence-corrected chi connectivity index (χ3v) is 8.12. The van der Waals surface area contributed by atoms with E-state index in [0.29, 0.717) is 17.7 Å². The molecule has 2 heterocycles. The van der Waals surface area contributed by atoms with Gasteiger partial charge in [-0.1, -0.05) is 24.6 Å². The molecule has 31 heavy (non-hydrogen) atoms. The summed E-state index contributed by atoms with van der Waals surface area (Å²) in [5.74, 6) is 3.64. The van der Waals surface area contributed by atoms with Gasteiger partial charge in [-0.15, -0.1) is 11.8 Å². The molecule has 1 amide bonds. The van der Waals surface area contributed by atoms with E-state index in [-0.39, 0.29) is 0 Å². The van der Waals surface area contributed by atoms with Crippen molar-refractivity contribution in [1.82, 2.24) is 20.0 Å². The van der Waals surface area contributed by atoms with Crippen LogP contribution in [-0.4, -0.2) is 91.7 Å². The molecule has 6 nitrogen and oxygen atoms in total. The summed E-state index contributed by atoms with van der Waals surface area (Å²) in [6.45, 7) is 7.83. The minimum absolute atomic E-state index is 0.326. The maximum absolute atomic E-state index is 12.4. The van der Waals surface area contributed by atoms with E-state index in [0.717, 1.165) is 71.2 Å². The monoisotopic (exact) mass is 443 g/mol. The number of amides is 1. The van der Waals surface area contributed by atoms with Crippen LogP contribution in [0.25, 0.3) is 0 Å². The molecule has 1 atom stereocenters. The molecule has 1 aromatic rings. The summed E-state index contributed by atoms with van der Waals surface area (Å²) in [5.41, 5.74) is 0. The number of likely N-dealkylation sites (tertiary alicyclic amines) is 1. The summed E-state index contributed by atoms with van der Waals surface area (Å²) >= 11 is 1.96. The third kappa shape index (κ3) is 6.16. The number of hydrogen-bond donors (Lipinski definition) is 1. The molecule has 7 heteroatoms. The molecule has 1 N–H and O–H groups in total. The lowest BCUT2D eigenvalue weighted by Crippen LogP contribution is -2.52. The van der Waals surface area contributed by atoms with Crippen molar-refractivity contribution < 1.29 is 4.79 Å². The number of guanidine groups is 1. The number of thioether (sulfide) groups is 1. The minimum Gasteiger partial charge on any atom is -0.355 e. The van der Waals surface area contributed by atoms with Gasteiger partial charge >= 0.3 is 0 Å². The van der Waals surface area contributed by atoms with Crippen LogP contribution < -0.4 is 5.32 Å². The SMILES string of the molecule is CN=C(NCCN1CCN(C(=O)C2CCC2)CC1)N1CCC(CSc2ccccc2)C1. The zero-order valence-corrected chi connectivity index (χ0v) is 19.7. The molecule has 3 fully saturated rings. The van der Waals surface area contributed by atoms with Gasteiger partial charge < -0.3 is 15.1 Å². The second-order valence-electron chi connectivity index (χ2n) is 8.99. The van der Waals surface area contributed by atoms with E-state index in [2.05, 4.69) is 55.3 Å². The summed E-state index contributed by atoms with van der Waals surface area (Å²) in [4.78, 5) is 25.3. The van der Waals surface area contributed by atoms with E-state index in [1.165, 1.54) is 23.5 Å². The van der Waals surface area contributed by atoms with E-state index in [1.54, 1.807) is 0 Å². The first-order valence-corrected chi connectivity index (χ1v) is 12.9. The highest BCUT2D eigenvalue weighted by molar-refractivity contribution is 7.99. The molecule has 2 aliphatic heterocycles. The van der Waals surface area contributed by atoms with Crippen LogP contribution in [0.2, 0.25) is 0 Å². The van der Waals surface area contributed by atoms with Gasteiger partial charge in [0.25, 0.3) is 0 Å². The lowest BCUT2D eigenvalue weighted by molar-refractivity contribution is -0.139. The van der Waals surface area contributed by atoms with Crippen LogP contribution in [0.1, 0.15) is 25.7 Å². The van der Waals surface area contributed by atoms with Crippen molar-refractivity contribution in [3.05, 3.63) is 30.3 Å². The van der Waals surface area contributed by atoms with Crippen LogP contribution in [0.4, 0.5) is 0 Å². The van der Waals surface area contributed by atoms with Crippen LogP contribution >= 0.6 is 11.8 Å². The van der Waals surface area contributed by atoms with E-state index in [9.17, 15) is 4.79 Å². The van der Waals surface area contributed by atoms with Crippen LogP contribution in [0.15, 0.2) is 40.2 Å². The normalized spacial score (nSPS) is 23.1. The first kappa shape index (κ1) is 22.5. The lowest BCUT2D eigenvalue weighted by atomic mass is 9.84. The Morgan fingerprint density at radius 3 is 2.52 bits per heavy atom. The number of aliphatic imine (C=N–C) groups is 1. The molecule has 2 saturated heterocycles. The van der Waals surface area contributed by atoms with Crippen molar-refractivity contribution in [2.45, 2.75) is 30.6 Å².